The van der Waals surface area contributed by atoms with Crippen LogP contribution in [0.15, 0.2) is 30.6 Å². The number of hydrogen-bond donors (Lipinski definition) is 1. The summed E-state index contributed by atoms with van der Waals surface area (Å²) >= 11 is 5.97. The third-order valence-electron chi connectivity index (χ3n) is 2.94. The third-order valence-corrected chi connectivity index (χ3v) is 3.27. The molecule has 6 heteroatoms. The van der Waals surface area contributed by atoms with Crippen molar-refractivity contribution in [3.63, 3.8) is 0 Å². The first-order valence-corrected chi connectivity index (χ1v) is 6.47. The molecule has 20 heavy (non-hydrogen) atoms. The lowest BCUT2D eigenvalue weighted by molar-refractivity contribution is 0.281. The molecule has 0 radical (unpaired) electrons. The first kappa shape index (κ1) is 14.6. The Labute approximate surface area is 122 Å². The van der Waals surface area contributed by atoms with Crippen LogP contribution in [0.25, 0.3) is 0 Å². The molecule has 2 rings (SSSR count). The van der Waals surface area contributed by atoms with E-state index >= 15 is 0 Å². The number of ether oxygens (including phenoxy) is 1. The highest BCUT2D eigenvalue weighted by molar-refractivity contribution is 6.30. The standard InChI is InChI=1S/C14H16ClN3O2/c1-18(7-10-4-3-5-11(6-10)20-2)14-12(8-19)13(15)16-9-17-14/h3-6,9,19H,7-8H2,1-2H3. The predicted molar refractivity (Wildman–Crippen MR) is 78.1 cm³/mol. The number of nitrogens with zero attached hydrogens (tertiary/aromatic N) is 3. The van der Waals surface area contributed by atoms with Crippen LogP contribution >= 0.6 is 11.6 Å². The Balaban J connectivity index is 2.23. The van der Waals surface area contributed by atoms with Gasteiger partial charge in [0.15, 0.2) is 0 Å². The minimum absolute atomic E-state index is 0.197. The van der Waals surface area contributed by atoms with Crippen LogP contribution in [0, 0.1) is 0 Å². The van der Waals surface area contributed by atoms with Gasteiger partial charge in [-0.3, -0.25) is 0 Å². The second-order valence-corrected chi connectivity index (χ2v) is 4.69. The van der Waals surface area contributed by atoms with Gasteiger partial charge >= 0.3 is 0 Å². The third kappa shape index (κ3) is 3.18. The molecule has 0 aliphatic heterocycles. The monoisotopic (exact) mass is 293 g/mol. The van der Waals surface area contributed by atoms with Crippen molar-refractivity contribution in [2.45, 2.75) is 13.2 Å². The van der Waals surface area contributed by atoms with Crippen molar-refractivity contribution in [1.82, 2.24) is 9.97 Å². The highest BCUT2D eigenvalue weighted by atomic mass is 35.5. The van der Waals surface area contributed by atoms with Crippen LogP contribution in [0.1, 0.15) is 11.1 Å². The summed E-state index contributed by atoms with van der Waals surface area (Å²) < 4.78 is 5.20. The molecule has 1 aromatic heterocycles. The molecular formula is C14H16ClN3O2. The highest BCUT2D eigenvalue weighted by Crippen LogP contribution is 2.24. The van der Waals surface area contributed by atoms with Crippen molar-refractivity contribution in [2.24, 2.45) is 0 Å². The van der Waals surface area contributed by atoms with Crippen molar-refractivity contribution in [2.75, 3.05) is 19.1 Å². The number of halogens is 1. The Morgan fingerprint density at radius 3 is 2.85 bits per heavy atom. The molecule has 0 spiro atoms. The maximum atomic E-state index is 9.39. The van der Waals surface area contributed by atoms with Crippen LogP contribution in [0.2, 0.25) is 5.15 Å². The Kier molecular flexibility index (Phi) is 4.76. The summed E-state index contributed by atoms with van der Waals surface area (Å²) in [5, 5.41) is 9.66. The van der Waals surface area contributed by atoms with E-state index in [-0.39, 0.29) is 11.8 Å². The zero-order valence-electron chi connectivity index (χ0n) is 11.4. The van der Waals surface area contributed by atoms with Gasteiger partial charge in [0.05, 0.1) is 19.3 Å². The minimum atomic E-state index is -0.197. The lowest BCUT2D eigenvalue weighted by Crippen LogP contribution is -2.20. The van der Waals surface area contributed by atoms with E-state index in [1.165, 1.54) is 6.33 Å². The summed E-state index contributed by atoms with van der Waals surface area (Å²) in [6.07, 6.45) is 1.39. The summed E-state index contributed by atoms with van der Waals surface area (Å²) in [6, 6.07) is 7.78. The number of rotatable bonds is 5. The molecule has 1 aromatic carbocycles. The van der Waals surface area contributed by atoms with Crippen molar-refractivity contribution >= 4 is 17.4 Å². The van der Waals surface area contributed by atoms with E-state index < -0.39 is 0 Å². The predicted octanol–water partition coefficient (Wildman–Crippen LogP) is 2.27. The van der Waals surface area contributed by atoms with Gasteiger partial charge < -0.3 is 14.7 Å². The second-order valence-electron chi connectivity index (χ2n) is 4.33. The van der Waals surface area contributed by atoms with Gasteiger partial charge in [0, 0.05) is 13.6 Å². The van der Waals surface area contributed by atoms with Crippen molar-refractivity contribution in [3.8, 4) is 5.75 Å². The maximum absolute atomic E-state index is 9.39. The summed E-state index contributed by atoms with van der Waals surface area (Å²) in [7, 11) is 3.52. The normalized spacial score (nSPS) is 10.4. The highest BCUT2D eigenvalue weighted by Gasteiger charge is 2.13. The summed E-state index contributed by atoms with van der Waals surface area (Å²) in [6.45, 7) is 0.426. The molecule has 0 amide bonds. The molecule has 0 fully saturated rings. The van der Waals surface area contributed by atoms with Gasteiger partial charge in [0.2, 0.25) is 0 Å². The Morgan fingerprint density at radius 1 is 1.35 bits per heavy atom. The van der Waals surface area contributed by atoms with Crippen molar-refractivity contribution in [1.29, 1.82) is 0 Å². The molecule has 0 saturated carbocycles. The first-order chi connectivity index (χ1) is 9.65. The van der Waals surface area contributed by atoms with E-state index in [1.807, 2.05) is 36.2 Å². The van der Waals surface area contributed by atoms with Crippen LogP contribution in [-0.2, 0) is 13.2 Å². The van der Waals surface area contributed by atoms with E-state index in [4.69, 9.17) is 16.3 Å². The van der Waals surface area contributed by atoms with Gasteiger partial charge in [0.1, 0.15) is 23.0 Å². The largest absolute Gasteiger partial charge is 0.497 e. The van der Waals surface area contributed by atoms with Crippen LogP contribution in [0.3, 0.4) is 0 Å². The fraction of sp³-hybridized carbons (Fsp3) is 0.286. The molecule has 0 unspecified atom stereocenters. The van der Waals surface area contributed by atoms with E-state index in [9.17, 15) is 5.11 Å². The van der Waals surface area contributed by atoms with Crippen LogP contribution in [0.4, 0.5) is 5.82 Å². The molecular weight excluding hydrogens is 278 g/mol. The number of aliphatic hydroxyl groups excluding tert-OH is 1. The Hall–Kier alpha value is -1.85. The van der Waals surface area contributed by atoms with Crippen LogP contribution in [-0.4, -0.2) is 29.2 Å². The number of benzene rings is 1. The second kappa shape index (κ2) is 6.54. The molecule has 0 bridgehead atoms. The number of hydrogen-bond acceptors (Lipinski definition) is 5. The van der Waals surface area contributed by atoms with Gasteiger partial charge in [-0.15, -0.1) is 0 Å². The maximum Gasteiger partial charge on any atom is 0.140 e. The summed E-state index contributed by atoms with van der Waals surface area (Å²) in [4.78, 5) is 9.97. The molecule has 0 atom stereocenters. The summed E-state index contributed by atoms with van der Waals surface area (Å²) in [5.74, 6) is 1.43. The van der Waals surface area contributed by atoms with E-state index in [2.05, 4.69) is 9.97 Å². The Morgan fingerprint density at radius 2 is 2.15 bits per heavy atom. The smallest absolute Gasteiger partial charge is 0.140 e. The first-order valence-electron chi connectivity index (χ1n) is 6.10. The molecule has 0 aliphatic rings. The fourth-order valence-corrected chi connectivity index (χ4v) is 2.15. The van der Waals surface area contributed by atoms with Gasteiger partial charge in [-0.1, -0.05) is 23.7 Å². The molecule has 0 saturated heterocycles. The van der Waals surface area contributed by atoms with Crippen molar-refractivity contribution in [3.05, 3.63) is 46.9 Å². The average molecular weight is 294 g/mol. The molecule has 1 heterocycles. The number of methoxy groups -OCH3 is 1. The van der Waals surface area contributed by atoms with Gasteiger partial charge in [-0.05, 0) is 17.7 Å². The van der Waals surface area contributed by atoms with E-state index in [1.54, 1.807) is 7.11 Å². The molecule has 0 aliphatic carbocycles. The number of aromatic nitrogens is 2. The molecule has 106 valence electrons. The van der Waals surface area contributed by atoms with Crippen LogP contribution < -0.4 is 9.64 Å². The molecule has 2 aromatic rings. The fourth-order valence-electron chi connectivity index (χ4n) is 1.97. The van der Waals surface area contributed by atoms with Gasteiger partial charge in [0.25, 0.3) is 0 Å². The van der Waals surface area contributed by atoms with Crippen molar-refractivity contribution < 1.29 is 9.84 Å². The quantitative estimate of drug-likeness (QED) is 0.857. The van der Waals surface area contributed by atoms with E-state index in [0.29, 0.717) is 17.9 Å². The molecule has 5 nitrogen and oxygen atoms in total. The van der Waals surface area contributed by atoms with Crippen LogP contribution in [0.5, 0.6) is 5.75 Å². The van der Waals surface area contributed by atoms with Gasteiger partial charge in [-0.25, -0.2) is 9.97 Å². The lowest BCUT2D eigenvalue weighted by Gasteiger charge is -2.21. The zero-order valence-corrected chi connectivity index (χ0v) is 12.1. The Bertz CT molecular complexity index is 592. The van der Waals surface area contributed by atoms with Gasteiger partial charge in [-0.2, -0.15) is 0 Å². The SMILES string of the molecule is COc1cccc(CN(C)c2ncnc(Cl)c2CO)c1. The average Bonchev–Trinajstić information content (AvgIpc) is 2.47. The lowest BCUT2D eigenvalue weighted by atomic mass is 10.2. The topological polar surface area (TPSA) is 58.5 Å². The molecule has 1 N–H and O–H groups in total. The summed E-state index contributed by atoms with van der Waals surface area (Å²) in [5.41, 5.74) is 1.60. The van der Waals surface area contributed by atoms with E-state index in [0.717, 1.165) is 11.3 Å². The zero-order chi connectivity index (χ0) is 14.5. The number of anilines is 1. The minimum Gasteiger partial charge on any atom is -0.497 e. The number of aliphatic hydroxyl groups is 1.